The Hall–Kier alpha value is -2.27. The van der Waals surface area contributed by atoms with Crippen LogP contribution >= 0.6 is 11.8 Å². The summed E-state index contributed by atoms with van der Waals surface area (Å²) in [5, 5.41) is 7.60. The molecule has 4 nitrogen and oxygen atoms in total. The summed E-state index contributed by atoms with van der Waals surface area (Å²) >= 11 is 1.53. The van der Waals surface area contributed by atoms with Crippen molar-refractivity contribution in [2.75, 3.05) is 16.4 Å². The first-order valence-corrected chi connectivity index (χ1v) is 10.6. The van der Waals surface area contributed by atoms with E-state index in [0.717, 1.165) is 41.2 Å². The number of aliphatic imine (C=N–C) groups is 1. The minimum atomic E-state index is -0.177. The lowest BCUT2D eigenvalue weighted by molar-refractivity contribution is -0.113. The average molecular weight is 380 g/mol. The molecule has 1 heterocycles. The molecule has 2 aromatic rings. The third kappa shape index (κ3) is 4.03. The first-order chi connectivity index (χ1) is 13.2. The van der Waals surface area contributed by atoms with E-state index in [4.69, 9.17) is 4.99 Å². The van der Waals surface area contributed by atoms with Gasteiger partial charge in [-0.15, -0.1) is 0 Å². The van der Waals surface area contributed by atoms with Gasteiger partial charge >= 0.3 is 0 Å². The molecule has 1 amide bonds. The first-order valence-electron chi connectivity index (χ1n) is 9.66. The van der Waals surface area contributed by atoms with Crippen LogP contribution in [0.4, 0.5) is 11.4 Å². The number of anilines is 2. The van der Waals surface area contributed by atoms with Gasteiger partial charge in [0.05, 0.1) is 5.75 Å². The van der Waals surface area contributed by atoms with Gasteiger partial charge in [-0.25, -0.2) is 4.99 Å². The number of nitrogens with one attached hydrogen (secondary N) is 2. The third-order valence-electron chi connectivity index (χ3n) is 5.26. The number of para-hydroxylation sites is 1. The summed E-state index contributed by atoms with van der Waals surface area (Å²) in [5.41, 5.74) is 4.17. The van der Waals surface area contributed by atoms with Crippen LogP contribution in [0.25, 0.3) is 0 Å². The van der Waals surface area contributed by atoms with Crippen LogP contribution in [0.2, 0.25) is 0 Å². The summed E-state index contributed by atoms with van der Waals surface area (Å²) in [6, 6.07) is 16.3. The Kier molecular flexibility index (Phi) is 5.21. The smallest absolute Gasteiger partial charge is 0.234 e. The highest BCUT2D eigenvalue weighted by Crippen LogP contribution is 2.40. The monoisotopic (exact) mass is 379 g/mol. The maximum Gasteiger partial charge on any atom is 0.234 e. The zero-order valence-electron chi connectivity index (χ0n) is 15.6. The first kappa shape index (κ1) is 18.1. The van der Waals surface area contributed by atoms with E-state index in [1.807, 2.05) is 18.2 Å². The van der Waals surface area contributed by atoms with Crippen molar-refractivity contribution in [3.63, 3.8) is 0 Å². The fourth-order valence-electron chi connectivity index (χ4n) is 3.77. The lowest BCUT2D eigenvalue weighted by Gasteiger charge is -2.33. The van der Waals surface area contributed by atoms with Gasteiger partial charge in [0.1, 0.15) is 10.7 Å². The number of fused-ring (bicyclic) bond motifs is 1. The Labute approximate surface area is 164 Å². The van der Waals surface area contributed by atoms with Crippen molar-refractivity contribution in [3.8, 4) is 0 Å². The average Bonchev–Trinajstić information content (AvgIpc) is 3.14. The highest BCUT2D eigenvalue weighted by atomic mass is 32.2. The lowest BCUT2D eigenvalue weighted by Crippen LogP contribution is -2.37. The molecule has 1 fully saturated rings. The Morgan fingerprint density at radius 2 is 1.89 bits per heavy atom. The molecule has 0 unspecified atom stereocenters. The fourth-order valence-corrected chi connectivity index (χ4v) is 4.69. The van der Waals surface area contributed by atoms with Crippen molar-refractivity contribution in [1.29, 1.82) is 0 Å². The van der Waals surface area contributed by atoms with Crippen molar-refractivity contribution in [2.45, 2.75) is 44.7 Å². The van der Waals surface area contributed by atoms with Crippen LogP contribution in [-0.4, -0.2) is 22.4 Å². The maximum absolute atomic E-state index is 12.4. The van der Waals surface area contributed by atoms with Crippen LogP contribution in [0.1, 0.15) is 43.7 Å². The van der Waals surface area contributed by atoms with Crippen LogP contribution in [0, 0.1) is 0 Å². The van der Waals surface area contributed by atoms with E-state index >= 15 is 0 Å². The second-order valence-corrected chi connectivity index (χ2v) is 8.18. The molecule has 5 heteroatoms. The normalized spacial score (nSPS) is 17.1. The molecule has 4 rings (SSSR count). The van der Waals surface area contributed by atoms with Gasteiger partial charge in [-0.3, -0.25) is 4.79 Å². The van der Waals surface area contributed by atoms with E-state index in [2.05, 4.69) is 47.9 Å². The number of amides is 1. The minimum absolute atomic E-state index is 0.00318. The lowest BCUT2D eigenvalue weighted by atomic mass is 10.0. The topological polar surface area (TPSA) is 53.5 Å². The van der Waals surface area contributed by atoms with Gasteiger partial charge in [-0.1, -0.05) is 49.0 Å². The molecule has 27 heavy (non-hydrogen) atoms. The van der Waals surface area contributed by atoms with Crippen molar-refractivity contribution >= 4 is 34.1 Å². The molecule has 2 N–H and O–H groups in total. The Morgan fingerprint density at radius 3 is 2.63 bits per heavy atom. The Balaban J connectivity index is 1.45. The molecular weight excluding hydrogens is 354 g/mol. The van der Waals surface area contributed by atoms with Gasteiger partial charge in [-0.2, -0.15) is 0 Å². The van der Waals surface area contributed by atoms with Gasteiger partial charge in [0.25, 0.3) is 0 Å². The van der Waals surface area contributed by atoms with E-state index in [0.29, 0.717) is 5.75 Å². The standard InChI is InChI=1S/C22H25N3OS/c1-2-16-9-11-17(12-10-16)23-20(26)15-27-21-18-7-3-4-8-19(18)24-22(25-21)13-5-6-14-22/h3-4,7-12,24H,2,5-6,13-15H2,1H3,(H,23,26). The predicted molar refractivity (Wildman–Crippen MR) is 115 cm³/mol. The molecule has 0 atom stereocenters. The number of aryl methyl sites for hydroxylation is 1. The minimum Gasteiger partial charge on any atom is -0.361 e. The number of rotatable bonds is 4. The molecular formula is C22H25N3OS. The van der Waals surface area contributed by atoms with Gasteiger partial charge in [-0.05, 0) is 55.9 Å². The summed E-state index contributed by atoms with van der Waals surface area (Å²) in [5.74, 6) is 0.363. The number of benzene rings is 2. The SMILES string of the molecule is CCc1ccc(NC(=O)CSC2=NC3(CCCC3)Nc3ccccc32)cc1. The van der Waals surface area contributed by atoms with Gasteiger partial charge < -0.3 is 10.6 Å². The van der Waals surface area contributed by atoms with E-state index in [-0.39, 0.29) is 11.6 Å². The third-order valence-corrected chi connectivity index (χ3v) is 6.25. The summed E-state index contributed by atoms with van der Waals surface area (Å²) in [4.78, 5) is 17.5. The van der Waals surface area contributed by atoms with Crippen LogP contribution in [0.3, 0.4) is 0 Å². The van der Waals surface area contributed by atoms with E-state index in [9.17, 15) is 4.79 Å². The van der Waals surface area contributed by atoms with Crippen molar-refractivity contribution in [2.24, 2.45) is 4.99 Å². The summed E-state index contributed by atoms with van der Waals surface area (Å²) in [7, 11) is 0. The van der Waals surface area contributed by atoms with E-state index in [1.54, 1.807) is 0 Å². The van der Waals surface area contributed by atoms with E-state index < -0.39 is 0 Å². The van der Waals surface area contributed by atoms with Gasteiger partial charge in [0.15, 0.2) is 0 Å². The molecule has 1 aliphatic heterocycles. The summed E-state index contributed by atoms with van der Waals surface area (Å²) < 4.78 is 0. The van der Waals surface area contributed by atoms with Crippen LogP contribution in [0.5, 0.6) is 0 Å². The summed E-state index contributed by atoms with van der Waals surface area (Å²) in [6.45, 7) is 2.12. The second kappa shape index (κ2) is 7.77. The molecule has 1 spiro atoms. The highest BCUT2D eigenvalue weighted by Gasteiger charge is 2.37. The Morgan fingerprint density at radius 1 is 1.15 bits per heavy atom. The van der Waals surface area contributed by atoms with Gasteiger partial charge in [0, 0.05) is 16.9 Å². The predicted octanol–water partition coefficient (Wildman–Crippen LogP) is 5.06. The maximum atomic E-state index is 12.4. The molecule has 0 aromatic heterocycles. The molecule has 0 bridgehead atoms. The number of carbonyl (C=O) groups excluding carboxylic acids is 1. The molecule has 140 valence electrons. The zero-order chi connectivity index (χ0) is 18.7. The molecule has 1 aliphatic carbocycles. The number of nitrogens with zero attached hydrogens (tertiary/aromatic N) is 1. The number of thioether (sulfide) groups is 1. The second-order valence-electron chi connectivity index (χ2n) is 7.21. The number of hydrogen-bond donors (Lipinski definition) is 2. The molecule has 2 aromatic carbocycles. The molecule has 2 aliphatic rings. The summed E-state index contributed by atoms with van der Waals surface area (Å²) in [6.07, 6.45) is 5.51. The fraction of sp³-hybridized carbons (Fsp3) is 0.364. The molecule has 1 saturated carbocycles. The van der Waals surface area contributed by atoms with Crippen LogP contribution in [0.15, 0.2) is 53.5 Å². The van der Waals surface area contributed by atoms with Crippen molar-refractivity contribution < 1.29 is 4.79 Å². The van der Waals surface area contributed by atoms with Crippen LogP contribution < -0.4 is 10.6 Å². The molecule has 0 saturated heterocycles. The molecule has 0 radical (unpaired) electrons. The van der Waals surface area contributed by atoms with E-state index in [1.165, 1.54) is 30.2 Å². The Bertz CT molecular complexity index is 854. The van der Waals surface area contributed by atoms with Gasteiger partial charge in [0.2, 0.25) is 5.91 Å². The number of carbonyl (C=O) groups is 1. The highest BCUT2D eigenvalue weighted by molar-refractivity contribution is 8.15. The quantitative estimate of drug-likeness (QED) is 0.780. The van der Waals surface area contributed by atoms with Crippen LogP contribution in [-0.2, 0) is 11.2 Å². The largest absolute Gasteiger partial charge is 0.361 e. The zero-order valence-corrected chi connectivity index (χ0v) is 16.4. The van der Waals surface area contributed by atoms with Crippen molar-refractivity contribution in [1.82, 2.24) is 0 Å². The van der Waals surface area contributed by atoms with Crippen molar-refractivity contribution in [3.05, 3.63) is 59.7 Å². The number of hydrogen-bond acceptors (Lipinski definition) is 4.